The zero-order chi connectivity index (χ0) is 25.4. The number of fused-ring (bicyclic) bond motifs is 1. The first-order valence-electron chi connectivity index (χ1n) is 10.5. The third-order valence-corrected chi connectivity index (χ3v) is 6.37. The zero-order valence-corrected chi connectivity index (χ0v) is 20.6. The Kier molecular flexibility index (Phi) is 6.52. The first-order chi connectivity index (χ1) is 16.6. The number of carbonyl (C=O) groups is 1. The van der Waals surface area contributed by atoms with Gasteiger partial charge in [0, 0.05) is 29.8 Å². The molecule has 0 saturated heterocycles. The topological polar surface area (TPSA) is 115 Å². The van der Waals surface area contributed by atoms with Gasteiger partial charge >= 0.3 is 5.69 Å². The van der Waals surface area contributed by atoms with Gasteiger partial charge in [-0.3, -0.25) is 18.7 Å². The van der Waals surface area contributed by atoms with Gasteiger partial charge in [0.05, 0.1) is 18.3 Å². The minimum Gasteiger partial charge on any atom is -0.324 e. The molecule has 0 spiro atoms. The predicted octanol–water partition coefficient (Wildman–Crippen LogP) is 3.34. The van der Waals surface area contributed by atoms with Gasteiger partial charge in [0.25, 0.3) is 5.56 Å². The molecular formula is C24H20Cl2N6O3. The number of imidazole rings is 1. The second-order valence-electron chi connectivity index (χ2n) is 8.10. The van der Waals surface area contributed by atoms with Crippen molar-refractivity contribution in [1.29, 1.82) is 5.26 Å². The van der Waals surface area contributed by atoms with Crippen LogP contribution in [0.15, 0.2) is 52.3 Å². The normalized spacial score (nSPS) is 11.9. The van der Waals surface area contributed by atoms with Crippen molar-refractivity contribution in [2.45, 2.75) is 19.4 Å². The third-order valence-electron chi connectivity index (χ3n) is 5.79. The van der Waals surface area contributed by atoms with E-state index < -0.39 is 23.1 Å². The standard InChI is InChI=1S/C24H20Cl2N6O3/c1-13-8-16(17(10-27)14-4-6-15(25)7-5-14)18(26)9-19(13)29-20(33)11-32-12-28-22-21(32)23(34)31(3)24(35)30(22)2/h4-9,12,17H,11H2,1-3H3,(H,29,33). The van der Waals surface area contributed by atoms with Crippen LogP contribution in [0.5, 0.6) is 0 Å². The molecule has 9 nitrogen and oxygen atoms in total. The minimum absolute atomic E-state index is 0.148. The fourth-order valence-electron chi connectivity index (χ4n) is 3.90. The number of anilines is 1. The molecule has 1 atom stereocenters. The van der Waals surface area contributed by atoms with Gasteiger partial charge < -0.3 is 9.88 Å². The van der Waals surface area contributed by atoms with E-state index in [0.717, 1.165) is 10.1 Å². The van der Waals surface area contributed by atoms with Crippen molar-refractivity contribution in [3.63, 3.8) is 0 Å². The lowest BCUT2D eigenvalue weighted by molar-refractivity contribution is -0.116. The highest BCUT2D eigenvalue weighted by Gasteiger charge is 2.20. The predicted molar refractivity (Wildman–Crippen MR) is 134 cm³/mol. The molecule has 0 bridgehead atoms. The van der Waals surface area contributed by atoms with E-state index in [0.29, 0.717) is 26.9 Å². The summed E-state index contributed by atoms with van der Waals surface area (Å²) < 4.78 is 3.61. The fraction of sp³-hybridized carbons (Fsp3) is 0.208. The van der Waals surface area contributed by atoms with E-state index in [1.165, 1.54) is 29.6 Å². The first kappa shape index (κ1) is 24.3. The molecule has 4 rings (SSSR count). The molecule has 0 aliphatic carbocycles. The Morgan fingerprint density at radius 2 is 1.83 bits per heavy atom. The van der Waals surface area contributed by atoms with Crippen LogP contribution >= 0.6 is 23.2 Å². The summed E-state index contributed by atoms with van der Waals surface area (Å²) >= 11 is 12.5. The molecule has 2 heterocycles. The van der Waals surface area contributed by atoms with Crippen molar-refractivity contribution in [2.24, 2.45) is 14.1 Å². The highest BCUT2D eigenvalue weighted by atomic mass is 35.5. The summed E-state index contributed by atoms with van der Waals surface area (Å²) in [5, 5.41) is 13.5. The number of amides is 1. The molecule has 1 amide bonds. The largest absolute Gasteiger partial charge is 0.332 e. The van der Waals surface area contributed by atoms with Gasteiger partial charge in [-0.2, -0.15) is 5.26 Å². The molecule has 0 aliphatic heterocycles. The van der Waals surface area contributed by atoms with E-state index in [4.69, 9.17) is 23.2 Å². The Bertz CT molecular complexity index is 1630. The summed E-state index contributed by atoms with van der Waals surface area (Å²) in [6.45, 7) is 1.60. The van der Waals surface area contributed by atoms with E-state index in [-0.39, 0.29) is 17.7 Å². The number of benzene rings is 2. The van der Waals surface area contributed by atoms with E-state index in [1.54, 1.807) is 43.3 Å². The van der Waals surface area contributed by atoms with Crippen molar-refractivity contribution in [1.82, 2.24) is 18.7 Å². The summed E-state index contributed by atoms with van der Waals surface area (Å²) in [7, 11) is 2.87. The first-order valence-corrected chi connectivity index (χ1v) is 11.2. The molecule has 178 valence electrons. The molecule has 2 aromatic carbocycles. The third kappa shape index (κ3) is 4.46. The Labute approximate surface area is 209 Å². The number of nitrogens with zero attached hydrogens (tertiary/aromatic N) is 5. The molecule has 4 aromatic rings. The average Bonchev–Trinajstić information content (AvgIpc) is 3.24. The summed E-state index contributed by atoms with van der Waals surface area (Å²) in [5.74, 6) is -1.02. The van der Waals surface area contributed by atoms with Crippen LogP contribution in [0, 0.1) is 18.3 Å². The summed E-state index contributed by atoms with van der Waals surface area (Å²) in [6.07, 6.45) is 1.34. The van der Waals surface area contributed by atoms with E-state index in [1.807, 2.05) is 0 Å². The van der Waals surface area contributed by atoms with Crippen LogP contribution in [0.25, 0.3) is 11.2 Å². The highest BCUT2D eigenvalue weighted by molar-refractivity contribution is 6.32. The number of aryl methyl sites for hydroxylation is 2. The van der Waals surface area contributed by atoms with Gasteiger partial charge in [-0.25, -0.2) is 9.78 Å². The van der Waals surface area contributed by atoms with Gasteiger partial charge in [-0.1, -0.05) is 41.4 Å². The number of carbonyl (C=O) groups excluding carboxylic acids is 1. The number of hydrogen-bond donors (Lipinski definition) is 1. The van der Waals surface area contributed by atoms with Crippen molar-refractivity contribution in [2.75, 3.05) is 5.32 Å². The van der Waals surface area contributed by atoms with Crippen LogP contribution in [-0.4, -0.2) is 24.6 Å². The SMILES string of the molecule is Cc1cc(C(C#N)c2ccc(Cl)cc2)c(Cl)cc1NC(=O)Cn1cnc2c1c(=O)n(C)c(=O)n2C. The summed E-state index contributed by atoms with van der Waals surface area (Å²) in [5.41, 5.74) is 1.84. The zero-order valence-electron chi connectivity index (χ0n) is 19.0. The molecule has 1 N–H and O–H groups in total. The monoisotopic (exact) mass is 510 g/mol. The van der Waals surface area contributed by atoms with Gasteiger partial charge in [0.1, 0.15) is 6.54 Å². The lowest BCUT2D eigenvalue weighted by Gasteiger charge is -2.16. The van der Waals surface area contributed by atoms with Crippen LogP contribution in [0.3, 0.4) is 0 Å². The number of halogens is 2. The van der Waals surface area contributed by atoms with E-state index in [2.05, 4.69) is 16.4 Å². The van der Waals surface area contributed by atoms with Crippen LogP contribution in [0.4, 0.5) is 5.69 Å². The molecule has 11 heteroatoms. The summed E-state index contributed by atoms with van der Waals surface area (Å²) in [6, 6.07) is 12.6. The maximum Gasteiger partial charge on any atom is 0.332 e. The van der Waals surface area contributed by atoms with Gasteiger partial charge in [0.15, 0.2) is 11.2 Å². The number of nitriles is 1. The lowest BCUT2D eigenvalue weighted by Crippen LogP contribution is -2.37. The lowest BCUT2D eigenvalue weighted by atomic mass is 9.91. The van der Waals surface area contributed by atoms with Gasteiger partial charge in [-0.05, 0) is 41.8 Å². The molecule has 2 aromatic heterocycles. The van der Waals surface area contributed by atoms with Crippen molar-refractivity contribution >= 4 is 46.0 Å². The van der Waals surface area contributed by atoms with Gasteiger partial charge in [0.2, 0.25) is 5.91 Å². The fourth-order valence-corrected chi connectivity index (χ4v) is 4.30. The van der Waals surface area contributed by atoms with E-state index >= 15 is 0 Å². The quantitative estimate of drug-likeness (QED) is 0.442. The van der Waals surface area contributed by atoms with Crippen molar-refractivity contribution < 1.29 is 4.79 Å². The molecule has 0 fully saturated rings. The Hall–Kier alpha value is -3.87. The van der Waals surface area contributed by atoms with Gasteiger partial charge in [-0.15, -0.1) is 0 Å². The smallest absolute Gasteiger partial charge is 0.324 e. The maximum absolute atomic E-state index is 12.8. The number of nitrogens with one attached hydrogen (secondary N) is 1. The van der Waals surface area contributed by atoms with Crippen LogP contribution in [0.1, 0.15) is 22.6 Å². The van der Waals surface area contributed by atoms with Crippen molar-refractivity contribution in [3.05, 3.63) is 90.3 Å². The second-order valence-corrected chi connectivity index (χ2v) is 8.94. The average molecular weight is 511 g/mol. The molecule has 35 heavy (non-hydrogen) atoms. The minimum atomic E-state index is -0.608. The molecular weight excluding hydrogens is 491 g/mol. The summed E-state index contributed by atoms with van der Waals surface area (Å²) in [4.78, 5) is 41.6. The molecule has 0 radical (unpaired) electrons. The molecule has 1 unspecified atom stereocenters. The highest BCUT2D eigenvalue weighted by Crippen LogP contribution is 2.34. The van der Waals surface area contributed by atoms with Crippen LogP contribution in [0.2, 0.25) is 10.0 Å². The Morgan fingerprint density at radius 1 is 1.14 bits per heavy atom. The second kappa shape index (κ2) is 9.41. The maximum atomic E-state index is 12.8. The molecule has 0 saturated carbocycles. The Balaban J connectivity index is 1.61. The van der Waals surface area contributed by atoms with Crippen LogP contribution < -0.4 is 16.6 Å². The van der Waals surface area contributed by atoms with E-state index in [9.17, 15) is 19.6 Å². The number of rotatable bonds is 5. The van der Waals surface area contributed by atoms with Crippen molar-refractivity contribution in [3.8, 4) is 6.07 Å². The van der Waals surface area contributed by atoms with Crippen LogP contribution in [-0.2, 0) is 25.4 Å². The number of aromatic nitrogens is 4. The Morgan fingerprint density at radius 3 is 2.49 bits per heavy atom. The number of hydrogen-bond acceptors (Lipinski definition) is 5. The molecule has 0 aliphatic rings.